The van der Waals surface area contributed by atoms with Gasteiger partial charge in [0.15, 0.2) is 0 Å². The number of nitrogens with zero attached hydrogens (tertiary/aromatic N) is 3. The van der Waals surface area contributed by atoms with Gasteiger partial charge >= 0.3 is 0 Å². The lowest BCUT2D eigenvalue weighted by Gasteiger charge is -2.34. The summed E-state index contributed by atoms with van der Waals surface area (Å²) in [6, 6.07) is 20.0. The molecule has 0 atom stereocenters. The quantitative estimate of drug-likeness (QED) is 0.699. The van der Waals surface area contributed by atoms with Gasteiger partial charge in [-0.2, -0.15) is 0 Å². The zero-order valence-electron chi connectivity index (χ0n) is 15.7. The number of benzene rings is 2. The van der Waals surface area contributed by atoms with Gasteiger partial charge in [-0.25, -0.2) is 0 Å². The molecule has 0 radical (unpaired) electrons. The number of carbonyl (C=O) groups is 1. The third-order valence-electron chi connectivity index (χ3n) is 5.25. The maximum atomic E-state index is 13.0. The molecule has 4 rings (SSSR count). The van der Waals surface area contributed by atoms with Gasteiger partial charge in [0.1, 0.15) is 18.1 Å². The lowest BCUT2D eigenvalue weighted by atomic mass is 10.2. The van der Waals surface area contributed by atoms with Crippen molar-refractivity contribution in [1.29, 1.82) is 0 Å². The van der Waals surface area contributed by atoms with Crippen LogP contribution >= 0.6 is 0 Å². The molecule has 5 nitrogen and oxygen atoms in total. The average molecular weight is 363 g/mol. The van der Waals surface area contributed by atoms with Gasteiger partial charge in [0.25, 0.3) is 5.91 Å². The van der Waals surface area contributed by atoms with Crippen molar-refractivity contribution in [1.82, 2.24) is 14.4 Å². The minimum absolute atomic E-state index is 0.119. The van der Waals surface area contributed by atoms with Crippen molar-refractivity contribution in [2.45, 2.75) is 0 Å². The van der Waals surface area contributed by atoms with Crippen molar-refractivity contribution in [2.24, 2.45) is 7.05 Å². The van der Waals surface area contributed by atoms with Crippen LogP contribution in [0.2, 0.25) is 0 Å². The van der Waals surface area contributed by atoms with Crippen LogP contribution in [0, 0.1) is 0 Å². The number of aryl methyl sites for hydroxylation is 1. The first kappa shape index (κ1) is 17.6. The van der Waals surface area contributed by atoms with E-state index in [1.54, 1.807) is 0 Å². The second-order valence-corrected chi connectivity index (χ2v) is 6.94. The molecule has 1 aliphatic heterocycles. The molecule has 2 heterocycles. The summed E-state index contributed by atoms with van der Waals surface area (Å²) in [6.07, 6.45) is 0. The Kier molecular flexibility index (Phi) is 5.12. The normalized spacial score (nSPS) is 15.2. The molecule has 1 amide bonds. The van der Waals surface area contributed by atoms with Crippen LogP contribution in [0.5, 0.6) is 5.75 Å². The Bertz CT molecular complexity index is 912. The molecule has 2 aromatic carbocycles. The fourth-order valence-corrected chi connectivity index (χ4v) is 3.64. The van der Waals surface area contributed by atoms with E-state index in [-0.39, 0.29) is 5.91 Å². The number of aromatic nitrogens is 1. The van der Waals surface area contributed by atoms with Crippen molar-refractivity contribution < 1.29 is 9.53 Å². The highest BCUT2D eigenvalue weighted by atomic mass is 16.5. The van der Waals surface area contributed by atoms with Gasteiger partial charge in [0.2, 0.25) is 0 Å². The standard InChI is InChI=1S/C22H25N3O2/c1-23-20-10-6-5-7-18(20)17-21(23)22(26)25-13-11-24(12-14-25)15-16-27-19-8-3-2-4-9-19/h2-10,17H,11-16H2,1H3. The number of hydrogen-bond donors (Lipinski definition) is 0. The lowest BCUT2D eigenvalue weighted by Crippen LogP contribution is -2.49. The smallest absolute Gasteiger partial charge is 0.270 e. The second kappa shape index (κ2) is 7.84. The van der Waals surface area contributed by atoms with Crippen molar-refractivity contribution in [3.8, 4) is 5.75 Å². The summed E-state index contributed by atoms with van der Waals surface area (Å²) in [7, 11) is 1.97. The summed E-state index contributed by atoms with van der Waals surface area (Å²) in [5.74, 6) is 1.02. The molecule has 140 valence electrons. The Morgan fingerprint density at radius 3 is 2.41 bits per heavy atom. The van der Waals surface area contributed by atoms with Gasteiger partial charge in [0, 0.05) is 50.7 Å². The third-order valence-corrected chi connectivity index (χ3v) is 5.25. The first-order chi connectivity index (χ1) is 13.2. The molecule has 5 heteroatoms. The number of ether oxygens (including phenoxy) is 1. The Balaban J connectivity index is 1.30. The molecule has 0 bridgehead atoms. The van der Waals surface area contributed by atoms with E-state index >= 15 is 0 Å². The van der Waals surface area contributed by atoms with Crippen LogP contribution < -0.4 is 4.74 Å². The third kappa shape index (κ3) is 3.83. The number of piperazine rings is 1. The van der Waals surface area contributed by atoms with Crippen LogP contribution in [0.3, 0.4) is 0 Å². The molecule has 27 heavy (non-hydrogen) atoms. The zero-order chi connectivity index (χ0) is 18.6. The Morgan fingerprint density at radius 1 is 0.963 bits per heavy atom. The molecule has 3 aromatic rings. The van der Waals surface area contributed by atoms with E-state index in [0.717, 1.165) is 55.1 Å². The van der Waals surface area contributed by atoms with Crippen LogP contribution in [0.1, 0.15) is 10.5 Å². The number of hydrogen-bond acceptors (Lipinski definition) is 3. The Morgan fingerprint density at radius 2 is 1.67 bits per heavy atom. The zero-order valence-corrected chi connectivity index (χ0v) is 15.7. The number of fused-ring (bicyclic) bond motifs is 1. The number of rotatable bonds is 5. The van der Waals surface area contributed by atoms with E-state index in [2.05, 4.69) is 17.0 Å². The molecule has 1 saturated heterocycles. The van der Waals surface area contributed by atoms with Crippen molar-refractivity contribution in [3.63, 3.8) is 0 Å². The summed E-state index contributed by atoms with van der Waals surface area (Å²) in [4.78, 5) is 17.3. The molecule has 1 fully saturated rings. The molecule has 0 aliphatic carbocycles. The average Bonchev–Trinajstić information content (AvgIpc) is 3.06. The first-order valence-corrected chi connectivity index (χ1v) is 9.46. The molecular weight excluding hydrogens is 338 g/mol. The van der Waals surface area contributed by atoms with E-state index in [4.69, 9.17) is 4.74 Å². The summed E-state index contributed by atoms with van der Waals surface area (Å²) < 4.78 is 7.77. The number of amides is 1. The topological polar surface area (TPSA) is 37.7 Å². The van der Waals surface area contributed by atoms with Crippen molar-refractivity contribution in [3.05, 3.63) is 66.4 Å². The van der Waals surface area contributed by atoms with Crippen LogP contribution in [0.15, 0.2) is 60.7 Å². The fourth-order valence-electron chi connectivity index (χ4n) is 3.64. The lowest BCUT2D eigenvalue weighted by molar-refractivity contribution is 0.0611. The molecule has 0 N–H and O–H groups in total. The van der Waals surface area contributed by atoms with Gasteiger partial charge < -0.3 is 14.2 Å². The molecule has 1 aliphatic rings. The van der Waals surface area contributed by atoms with E-state index in [9.17, 15) is 4.79 Å². The highest BCUT2D eigenvalue weighted by Gasteiger charge is 2.24. The maximum Gasteiger partial charge on any atom is 0.270 e. The van der Waals surface area contributed by atoms with Gasteiger partial charge in [-0.3, -0.25) is 9.69 Å². The predicted octanol–water partition coefficient (Wildman–Crippen LogP) is 3.02. The number of carbonyl (C=O) groups excluding carboxylic acids is 1. The van der Waals surface area contributed by atoms with E-state index in [1.807, 2.05) is 65.0 Å². The molecule has 0 spiro atoms. The van der Waals surface area contributed by atoms with E-state index < -0.39 is 0 Å². The SMILES string of the molecule is Cn1c(C(=O)N2CCN(CCOc3ccccc3)CC2)cc2ccccc21. The Hall–Kier alpha value is -2.79. The fraction of sp³-hybridized carbons (Fsp3) is 0.318. The summed E-state index contributed by atoms with van der Waals surface area (Å²) >= 11 is 0. The minimum atomic E-state index is 0.119. The summed E-state index contributed by atoms with van der Waals surface area (Å²) in [5, 5.41) is 1.11. The van der Waals surface area contributed by atoms with Gasteiger partial charge in [0.05, 0.1) is 0 Å². The summed E-state index contributed by atoms with van der Waals surface area (Å²) in [6.45, 7) is 4.82. The Labute approximate surface area is 159 Å². The van der Waals surface area contributed by atoms with Gasteiger partial charge in [-0.1, -0.05) is 36.4 Å². The highest BCUT2D eigenvalue weighted by Crippen LogP contribution is 2.20. The van der Waals surface area contributed by atoms with Crippen LogP contribution in [0.4, 0.5) is 0 Å². The monoisotopic (exact) mass is 363 g/mol. The van der Waals surface area contributed by atoms with Crippen LogP contribution in [-0.4, -0.2) is 59.6 Å². The van der Waals surface area contributed by atoms with Gasteiger partial charge in [-0.15, -0.1) is 0 Å². The summed E-state index contributed by atoms with van der Waals surface area (Å²) in [5.41, 5.74) is 1.86. The molecular formula is C22H25N3O2. The van der Waals surface area contributed by atoms with Crippen LogP contribution in [0.25, 0.3) is 10.9 Å². The first-order valence-electron chi connectivity index (χ1n) is 9.46. The maximum absolute atomic E-state index is 13.0. The van der Waals surface area contributed by atoms with Crippen molar-refractivity contribution in [2.75, 3.05) is 39.3 Å². The largest absolute Gasteiger partial charge is 0.492 e. The van der Waals surface area contributed by atoms with E-state index in [0.29, 0.717) is 6.61 Å². The number of para-hydroxylation sites is 2. The van der Waals surface area contributed by atoms with Crippen LogP contribution in [-0.2, 0) is 7.05 Å². The minimum Gasteiger partial charge on any atom is -0.492 e. The predicted molar refractivity (Wildman–Crippen MR) is 107 cm³/mol. The van der Waals surface area contributed by atoms with Gasteiger partial charge in [-0.05, 0) is 24.3 Å². The van der Waals surface area contributed by atoms with Crippen molar-refractivity contribution >= 4 is 16.8 Å². The highest BCUT2D eigenvalue weighted by molar-refractivity contribution is 5.98. The second-order valence-electron chi connectivity index (χ2n) is 6.94. The molecule has 1 aromatic heterocycles. The molecule has 0 unspecified atom stereocenters. The molecule has 0 saturated carbocycles. The van der Waals surface area contributed by atoms with E-state index in [1.165, 1.54) is 0 Å².